The van der Waals surface area contributed by atoms with Crippen molar-refractivity contribution in [2.24, 2.45) is 0 Å². The SMILES string of the molecule is CCCCCCCCCCC[N+](C)(C)Cc1ccccc1.[Br-]. The molecule has 0 unspecified atom stereocenters. The van der Waals surface area contributed by atoms with E-state index in [1.165, 1.54) is 69.9 Å². The minimum absolute atomic E-state index is 0. The minimum Gasteiger partial charge on any atom is -1.00 e. The van der Waals surface area contributed by atoms with Gasteiger partial charge in [-0.25, -0.2) is 0 Å². The van der Waals surface area contributed by atoms with Crippen LogP contribution in [0, 0.1) is 0 Å². The van der Waals surface area contributed by atoms with Crippen LogP contribution in [0.5, 0.6) is 0 Å². The first-order chi connectivity index (χ1) is 10.1. The zero-order valence-corrected chi connectivity index (χ0v) is 16.6. The second kappa shape index (κ2) is 13.1. The molecule has 0 aliphatic rings. The molecule has 0 saturated heterocycles. The molecule has 2 heteroatoms. The summed E-state index contributed by atoms with van der Waals surface area (Å²) in [5, 5.41) is 0. The second-order valence-corrected chi connectivity index (χ2v) is 7.13. The van der Waals surface area contributed by atoms with Gasteiger partial charge in [0.05, 0.1) is 20.6 Å². The highest BCUT2D eigenvalue weighted by Crippen LogP contribution is 2.13. The third-order valence-corrected chi connectivity index (χ3v) is 4.32. The Balaban J connectivity index is 0.00000441. The van der Waals surface area contributed by atoms with Crippen LogP contribution >= 0.6 is 0 Å². The van der Waals surface area contributed by atoms with E-state index < -0.39 is 0 Å². The van der Waals surface area contributed by atoms with Crippen molar-refractivity contribution < 1.29 is 21.5 Å². The van der Waals surface area contributed by atoms with Gasteiger partial charge in [-0.05, 0) is 12.8 Å². The Bertz CT molecular complexity index is 348. The zero-order valence-electron chi connectivity index (χ0n) is 15.0. The van der Waals surface area contributed by atoms with Crippen LogP contribution in [0.15, 0.2) is 30.3 Å². The van der Waals surface area contributed by atoms with E-state index in [-0.39, 0.29) is 17.0 Å². The summed E-state index contributed by atoms with van der Waals surface area (Å²) in [4.78, 5) is 0. The molecule has 128 valence electrons. The Morgan fingerprint density at radius 1 is 0.727 bits per heavy atom. The minimum atomic E-state index is 0. The number of hydrogen-bond acceptors (Lipinski definition) is 0. The molecule has 1 aromatic carbocycles. The van der Waals surface area contributed by atoms with Crippen LogP contribution in [0.4, 0.5) is 0 Å². The highest BCUT2D eigenvalue weighted by atomic mass is 79.9. The average Bonchev–Trinajstić information content (AvgIpc) is 2.46. The van der Waals surface area contributed by atoms with E-state index in [9.17, 15) is 0 Å². The quantitative estimate of drug-likeness (QED) is 0.392. The maximum absolute atomic E-state index is 2.36. The molecule has 0 aliphatic carbocycles. The fourth-order valence-electron chi connectivity index (χ4n) is 3.01. The van der Waals surface area contributed by atoms with E-state index in [4.69, 9.17) is 0 Å². The van der Waals surface area contributed by atoms with Crippen molar-refractivity contribution in [2.75, 3.05) is 20.6 Å². The predicted molar refractivity (Wildman–Crippen MR) is 94.3 cm³/mol. The molecule has 0 fully saturated rings. The molecule has 0 aromatic heterocycles. The fourth-order valence-corrected chi connectivity index (χ4v) is 3.01. The Hall–Kier alpha value is -0.340. The van der Waals surface area contributed by atoms with Gasteiger partial charge >= 0.3 is 0 Å². The van der Waals surface area contributed by atoms with Gasteiger partial charge in [0, 0.05) is 5.56 Å². The number of quaternary nitrogens is 1. The average molecular weight is 370 g/mol. The molecule has 0 heterocycles. The van der Waals surface area contributed by atoms with Crippen molar-refractivity contribution >= 4 is 0 Å². The summed E-state index contributed by atoms with van der Waals surface area (Å²) >= 11 is 0. The maximum Gasteiger partial charge on any atom is 0.104 e. The van der Waals surface area contributed by atoms with Gasteiger partial charge in [-0.15, -0.1) is 0 Å². The third kappa shape index (κ3) is 11.3. The van der Waals surface area contributed by atoms with Crippen LogP contribution in [0.25, 0.3) is 0 Å². The lowest BCUT2D eigenvalue weighted by molar-refractivity contribution is -0.903. The number of benzene rings is 1. The Kier molecular flexibility index (Phi) is 12.9. The van der Waals surface area contributed by atoms with Crippen molar-refractivity contribution in [3.63, 3.8) is 0 Å². The van der Waals surface area contributed by atoms with Crippen molar-refractivity contribution in [1.82, 2.24) is 0 Å². The number of rotatable bonds is 12. The molecule has 0 amide bonds. The zero-order chi connectivity index (χ0) is 15.4. The van der Waals surface area contributed by atoms with E-state index in [2.05, 4.69) is 51.4 Å². The van der Waals surface area contributed by atoms with E-state index in [1.807, 2.05) is 0 Å². The normalized spacial score (nSPS) is 11.2. The highest BCUT2D eigenvalue weighted by molar-refractivity contribution is 5.13. The van der Waals surface area contributed by atoms with Crippen LogP contribution in [0.3, 0.4) is 0 Å². The van der Waals surface area contributed by atoms with Crippen molar-refractivity contribution in [1.29, 1.82) is 0 Å². The lowest BCUT2D eigenvalue weighted by Gasteiger charge is -2.30. The van der Waals surface area contributed by atoms with Crippen molar-refractivity contribution in [3.05, 3.63) is 35.9 Å². The molecule has 1 rings (SSSR count). The summed E-state index contributed by atoms with van der Waals surface area (Å²) in [5.74, 6) is 0. The first-order valence-corrected chi connectivity index (χ1v) is 9.00. The van der Waals surface area contributed by atoms with Crippen LogP contribution in [-0.4, -0.2) is 25.1 Å². The lowest BCUT2D eigenvalue weighted by atomic mass is 10.1. The van der Waals surface area contributed by atoms with Gasteiger partial charge in [0.25, 0.3) is 0 Å². The molecule has 0 aliphatic heterocycles. The molecule has 0 bridgehead atoms. The number of nitrogens with zero attached hydrogens (tertiary/aromatic N) is 1. The van der Waals surface area contributed by atoms with Crippen molar-refractivity contribution in [3.8, 4) is 0 Å². The van der Waals surface area contributed by atoms with Gasteiger partial charge < -0.3 is 21.5 Å². The van der Waals surface area contributed by atoms with Crippen LogP contribution in [0.2, 0.25) is 0 Å². The highest BCUT2D eigenvalue weighted by Gasteiger charge is 2.14. The molecule has 22 heavy (non-hydrogen) atoms. The third-order valence-electron chi connectivity index (χ3n) is 4.32. The Labute approximate surface area is 149 Å². The van der Waals surface area contributed by atoms with E-state index >= 15 is 0 Å². The molecule has 0 atom stereocenters. The smallest absolute Gasteiger partial charge is 0.104 e. The van der Waals surface area contributed by atoms with Crippen LogP contribution < -0.4 is 17.0 Å². The van der Waals surface area contributed by atoms with E-state index in [0.29, 0.717) is 0 Å². The number of hydrogen-bond donors (Lipinski definition) is 0. The Morgan fingerprint density at radius 3 is 1.77 bits per heavy atom. The summed E-state index contributed by atoms with van der Waals surface area (Å²) < 4.78 is 1.11. The molecular formula is C20H36BrN. The molecule has 0 spiro atoms. The van der Waals surface area contributed by atoms with Gasteiger partial charge in [0.1, 0.15) is 6.54 Å². The molecule has 0 N–H and O–H groups in total. The summed E-state index contributed by atoms with van der Waals surface area (Å²) in [7, 11) is 4.72. The van der Waals surface area contributed by atoms with E-state index in [0.717, 1.165) is 11.0 Å². The van der Waals surface area contributed by atoms with Crippen LogP contribution in [-0.2, 0) is 6.54 Å². The van der Waals surface area contributed by atoms with Gasteiger partial charge in [0.2, 0.25) is 0 Å². The standard InChI is InChI=1S/C20H36N.BrH/c1-4-5-6-7-8-9-10-11-15-18-21(2,3)19-20-16-13-12-14-17-20;/h12-14,16-17H,4-11,15,18-19H2,1-3H3;1H/q+1;/p-1. The summed E-state index contributed by atoms with van der Waals surface area (Å²) in [6.07, 6.45) is 12.8. The van der Waals surface area contributed by atoms with Gasteiger partial charge in [-0.2, -0.15) is 0 Å². The summed E-state index contributed by atoms with van der Waals surface area (Å²) in [5.41, 5.74) is 1.46. The summed E-state index contributed by atoms with van der Waals surface area (Å²) in [6, 6.07) is 10.9. The first kappa shape index (κ1) is 21.7. The molecule has 1 nitrogen and oxygen atoms in total. The molecular weight excluding hydrogens is 334 g/mol. The number of halogens is 1. The lowest BCUT2D eigenvalue weighted by Crippen LogP contribution is -3.00. The monoisotopic (exact) mass is 369 g/mol. The second-order valence-electron chi connectivity index (χ2n) is 7.13. The first-order valence-electron chi connectivity index (χ1n) is 9.00. The van der Waals surface area contributed by atoms with Gasteiger partial charge in [0.15, 0.2) is 0 Å². The van der Waals surface area contributed by atoms with Crippen molar-refractivity contribution in [2.45, 2.75) is 71.3 Å². The van der Waals surface area contributed by atoms with Gasteiger partial charge in [-0.3, -0.25) is 0 Å². The fraction of sp³-hybridized carbons (Fsp3) is 0.700. The number of unbranched alkanes of at least 4 members (excludes halogenated alkanes) is 8. The van der Waals surface area contributed by atoms with E-state index in [1.54, 1.807) is 0 Å². The topological polar surface area (TPSA) is 0 Å². The molecule has 0 radical (unpaired) electrons. The Morgan fingerprint density at radius 2 is 1.23 bits per heavy atom. The van der Waals surface area contributed by atoms with Crippen LogP contribution in [0.1, 0.15) is 70.3 Å². The molecule has 1 aromatic rings. The maximum atomic E-state index is 2.36. The summed E-state index contributed by atoms with van der Waals surface area (Å²) in [6.45, 7) is 4.73. The van der Waals surface area contributed by atoms with Gasteiger partial charge in [-0.1, -0.05) is 82.2 Å². The predicted octanol–water partition coefficient (Wildman–Crippen LogP) is 2.80. The molecule has 0 saturated carbocycles. The largest absolute Gasteiger partial charge is 1.00 e.